The number of aryl methyl sites for hydroxylation is 1. The average Bonchev–Trinajstić information content (AvgIpc) is 2.96. The van der Waals surface area contributed by atoms with Crippen molar-refractivity contribution in [1.82, 2.24) is 24.6 Å². The quantitative estimate of drug-likeness (QED) is 0.740. The van der Waals surface area contributed by atoms with Gasteiger partial charge in [-0.25, -0.2) is 19.5 Å². The number of anilines is 2. The van der Waals surface area contributed by atoms with E-state index in [-0.39, 0.29) is 6.61 Å². The lowest BCUT2D eigenvalue weighted by molar-refractivity contribution is 0.208. The Morgan fingerprint density at radius 1 is 1.32 bits per heavy atom. The highest BCUT2D eigenvalue weighted by Crippen LogP contribution is 2.30. The van der Waals surface area contributed by atoms with Gasteiger partial charge in [0.05, 0.1) is 11.3 Å². The summed E-state index contributed by atoms with van der Waals surface area (Å²) >= 11 is 0. The summed E-state index contributed by atoms with van der Waals surface area (Å²) in [7, 11) is 0. The first-order chi connectivity index (χ1) is 12.2. The summed E-state index contributed by atoms with van der Waals surface area (Å²) in [6.45, 7) is 3.89. The molecule has 0 aliphatic carbocycles. The fraction of sp³-hybridized carbons (Fsp3) is 0.412. The fourth-order valence-electron chi connectivity index (χ4n) is 3.37. The molecule has 130 valence electrons. The lowest BCUT2D eigenvalue weighted by Crippen LogP contribution is -2.37. The number of aromatic nitrogens is 5. The molecule has 1 aliphatic heterocycles. The van der Waals surface area contributed by atoms with Crippen LogP contribution in [0.1, 0.15) is 18.4 Å². The van der Waals surface area contributed by atoms with Crippen LogP contribution >= 0.6 is 0 Å². The van der Waals surface area contributed by atoms with Crippen LogP contribution in [0, 0.1) is 12.8 Å². The highest BCUT2D eigenvalue weighted by atomic mass is 16.3. The van der Waals surface area contributed by atoms with E-state index >= 15 is 0 Å². The molecule has 8 nitrogen and oxygen atoms in total. The third-order valence-corrected chi connectivity index (χ3v) is 4.64. The molecule has 3 aromatic heterocycles. The van der Waals surface area contributed by atoms with Crippen LogP contribution in [0.15, 0.2) is 24.8 Å². The molecular formula is C17H21N7O. The van der Waals surface area contributed by atoms with E-state index in [1.54, 1.807) is 17.0 Å². The number of piperidine rings is 1. The predicted molar refractivity (Wildman–Crippen MR) is 95.2 cm³/mol. The van der Waals surface area contributed by atoms with Gasteiger partial charge in [0.25, 0.3) is 0 Å². The van der Waals surface area contributed by atoms with Crippen molar-refractivity contribution in [2.45, 2.75) is 19.8 Å². The summed E-state index contributed by atoms with van der Waals surface area (Å²) in [6, 6.07) is 1.93. The number of fused-ring (bicyclic) bond motifs is 1. The van der Waals surface area contributed by atoms with Gasteiger partial charge in [0.15, 0.2) is 11.5 Å². The number of nitrogens with zero attached hydrogens (tertiary/aromatic N) is 6. The molecular weight excluding hydrogens is 318 g/mol. The van der Waals surface area contributed by atoms with Crippen LogP contribution < -0.4 is 10.6 Å². The molecule has 4 rings (SSSR count). The van der Waals surface area contributed by atoms with Crippen LogP contribution in [-0.4, -0.2) is 49.4 Å². The Balaban J connectivity index is 1.74. The standard InChI is InChI=1S/C17H21N7O/c1-11-6-19-17-15(16(18)22-24(17)7-11)13-5-14(21-10-20-13)23-4-2-3-12(8-23)9-25/h5-7,10,12,25H,2-4,8-9H2,1H3,(H2,18,22). The lowest BCUT2D eigenvalue weighted by atomic mass is 9.99. The Bertz CT molecular complexity index is 907. The van der Waals surface area contributed by atoms with Crippen molar-refractivity contribution in [3.05, 3.63) is 30.4 Å². The Morgan fingerprint density at radius 2 is 2.20 bits per heavy atom. The van der Waals surface area contributed by atoms with Crippen molar-refractivity contribution in [2.75, 3.05) is 30.3 Å². The number of aliphatic hydroxyl groups excluding tert-OH is 1. The van der Waals surface area contributed by atoms with Crippen molar-refractivity contribution in [2.24, 2.45) is 5.92 Å². The smallest absolute Gasteiger partial charge is 0.166 e. The van der Waals surface area contributed by atoms with Gasteiger partial charge >= 0.3 is 0 Å². The maximum Gasteiger partial charge on any atom is 0.166 e. The third kappa shape index (κ3) is 2.89. The van der Waals surface area contributed by atoms with Gasteiger partial charge in [-0.2, -0.15) is 0 Å². The van der Waals surface area contributed by atoms with Crippen molar-refractivity contribution in [3.8, 4) is 11.3 Å². The minimum absolute atomic E-state index is 0.207. The van der Waals surface area contributed by atoms with Crippen molar-refractivity contribution < 1.29 is 5.11 Å². The van der Waals surface area contributed by atoms with Crippen LogP contribution in [0.25, 0.3) is 16.9 Å². The van der Waals surface area contributed by atoms with Gasteiger partial charge in [-0.15, -0.1) is 5.10 Å². The molecule has 0 saturated carbocycles. The fourth-order valence-corrected chi connectivity index (χ4v) is 3.37. The summed E-state index contributed by atoms with van der Waals surface area (Å²) in [5, 5.41) is 13.8. The maximum atomic E-state index is 9.44. The van der Waals surface area contributed by atoms with Gasteiger partial charge in [0.1, 0.15) is 12.1 Å². The molecule has 25 heavy (non-hydrogen) atoms. The molecule has 1 unspecified atom stereocenters. The second kappa shape index (κ2) is 6.29. The largest absolute Gasteiger partial charge is 0.396 e. The maximum absolute atomic E-state index is 9.44. The molecule has 0 bridgehead atoms. The molecule has 0 aromatic carbocycles. The molecule has 4 heterocycles. The van der Waals surface area contributed by atoms with E-state index in [2.05, 4.69) is 25.0 Å². The molecule has 3 aromatic rings. The van der Waals surface area contributed by atoms with Gasteiger partial charge in [0, 0.05) is 38.2 Å². The predicted octanol–water partition coefficient (Wildman–Crippen LogP) is 1.29. The number of hydrogen-bond donors (Lipinski definition) is 2. The first-order valence-electron chi connectivity index (χ1n) is 8.44. The van der Waals surface area contributed by atoms with E-state index in [4.69, 9.17) is 5.73 Å². The zero-order valence-corrected chi connectivity index (χ0v) is 14.1. The topological polar surface area (TPSA) is 105 Å². The molecule has 3 N–H and O–H groups in total. The Kier molecular flexibility index (Phi) is 3.96. The number of rotatable bonds is 3. The molecule has 1 fully saturated rings. The molecule has 0 amide bonds. The molecule has 1 atom stereocenters. The second-order valence-corrected chi connectivity index (χ2v) is 6.56. The monoisotopic (exact) mass is 339 g/mol. The van der Waals surface area contributed by atoms with Crippen molar-refractivity contribution in [3.63, 3.8) is 0 Å². The highest BCUT2D eigenvalue weighted by Gasteiger charge is 2.22. The van der Waals surface area contributed by atoms with E-state index in [0.29, 0.717) is 23.1 Å². The van der Waals surface area contributed by atoms with Crippen molar-refractivity contribution in [1.29, 1.82) is 0 Å². The second-order valence-electron chi connectivity index (χ2n) is 6.56. The van der Waals surface area contributed by atoms with E-state index in [1.807, 2.05) is 19.2 Å². The van der Waals surface area contributed by atoms with E-state index in [9.17, 15) is 5.11 Å². The SMILES string of the molecule is Cc1cnc2c(-c3cc(N4CCCC(CO)C4)ncn3)c(N)nn2c1. The molecule has 0 radical (unpaired) electrons. The van der Waals surface area contributed by atoms with Gasteiger partial charge in [0.2, 0.25) is 0 Å². The van der Waals surface area contributed by atoms with Gasteiger partial charge in [-0.05, 0) is 31.2 Å². The van der Waals surface area contributed by atoms with Crippen LogP contribution in [-0.2, 0) is 0 Å². The van der Waals surface area contributed by atoms with E-state index in [0.717, 1.165) is 42.9 Å². The average molecular weight is 339 g/mol. The van der Waals surface area contributed by atoms with Gasteiger partial charge < -0.3 is 15.7 Å². The molecule has 0 spiro atoms. The number of nitrogen functional groups attached to an aromatic ring is 1. The minimum atomic E-state index is 0.207. The first-order valence-corrected chi connectivity index (χ1v) is 8.44. The summed E-state index contributed by atoms with van der Waals surface area (Å²) in [4.78, 5) is 15.4. The Morgan fingerprint density at radius 3 is 3.04 bits per heavy atom. The Labute approximate surface area is 145 Å². The van der Waals surface area contributed by atoms with Crippen LogP contribution in [0.5, 0.6) is 0 Å². The van der Waals surface area contributed by atoms with Gasteiger partial charge in [-0.1, -0.05) is 0 Å². The van der Waals surface area contributed by atoms with Gasteiger partial charge in [-0.3, -0.25) is 0 Å². The molecule has 8 heteroatoms. The first kappa shape index (κ1) is 15.8. The Hall–Kier alpha value is -2.74. The lowest BCUT2D eigenvalue weighted by Gasteiger charge is -2.32. The normalized spacial score (nSPS) is 18.0. The summed E-state index contributed by atoms with van der Waals surface area (Å²) in [5.41, 5.74) is 9.25. The summed E-state index contributed by atoms with van der Waals surface area (Å²) < 4.78 is 1.68. The minimum Gasteiger partial charge on any atom is -0.396 e. The number of aliphatic hydroxyl groups is 1. The van der Waals surface area contributed by atoms with Crippen LogP contribution in [0.2, 0.25) is 0 Å². The van der Waals surface area contributed by atoms with Crippen molar-refractivity contribution >= 4 is 17.3 Å². The third-order valence-electron chi connectivity index (χ3n) is 4.64. The van der Waals surface area contributed by atoms with Crippen LogP contribution in [0.4, 0.5) is 11.6 Å². The van der Waals surface area contributed by atoms with E-state index in [1.165, 1.54) is 0 Å². The van der Waals surface area contributed by atoms with Crippen LogP contribution in [0.3, 0.4) is 0 Å². The summed E-state index contributed by atoms with van der Waals surface area (Å²) in [5.74, 6) is 1.53. The zero-order chi connectivity index (χ0) is 17.4. The highest BCUT2D eigenvalue weighted by molar-refractivity contribution is 5.85. The number of nitrogens with two attached hydrogens (primary N) is 1. The number of hydrogen-bond acceptors (Lipinski definition) is 7. The summed E-state index contributed by atoms with van der Waals surface area (Å²) in [6.07, 6.45) is 7.32. The van der Waals surface area contributed by atoms with E-state index < -0.39 is 0 Å². The molecule has 1 saturated heterocycles. The zero-order valence-electron chi connectivity index (χ0n) is 14.1. The molecule has 1 aliphatic rings.